The zero-order chi connectivity index (χ0) is 23.7. The Kier molecular flexibility index (Phi) is 6.26. The summed E-state index contributed by atoms with van der Waals surface area (Å²) in [7, 11) is 0. The summed E-state index contributed by atoms with van der Waals surface area (Å²) >= 11 is 7.41. The van der Waals surface area contributed by atoms with E-state index in [0.717, 1.165) is 46.7 Å². The van der Waals surface area contributed by atoms with Crippen molar-refractivity contribution in [1.82, 2.24) is 9.38 Å². The number of hydrogen-bond acceptors (Lipinski definition) is 5. The van der Waals surface area contributed by atoms with Crippen LogP contribution in [0.4, 0.5) is 5.69 Å². The number of imidazole rings is 1. The van der Waals surface area contributed by atoms with E-state index in [1.807, 2.05) is 66.7 Å². The lowest BCUT2D eigenvalue weighted by molar-refractivity contribution is 0.305. The standard InChI is InChI=1S/C27H24ClN3O2S/c1-3-30(4-2)21-14-11-19(24(16-21)33-17-18-9-12-20(28)13-10-18)15-25-26(32)31-23-8-6-5-7-22(23)29-27(31)34-25/h5-16H,3-4,17H2,1-2H3/b25-15+. The van der Waals surface area contributed by atoms with Gasteiger partial charge in [0.25, 0.3) is 5.56 Å². The molecule has 0 aliphatic rings. The zero-order valence-electron chi connectivity index (χ0n) is 19.0. The van der Waals surface area contributed by atoms with Gasteiger partial charge in [-0.3, -0.25) is 4.79 Å². The van der Waals surface area contributed by atoms with Gasteiger partial charge in [0.15, 0.2) is 4.96 Å². The molecule has 0 N–H and O–H groups in total. The molecule has 2 heterocycles. The second-order valence-electron chi connectivity index (χ2n) is 7.94. The van der Waals surface area contributed by atoms with Gasteiger partial charge in [0.05, 0.1) is 15.6 Å². The number of aromatic nitrogens is 2. The lowest BCUT2D eigenvalue weighted by Gasteiger charge is -2.22. The first-order chi connectivity index (χ1) is 16.6. The lowest BCUT2D eigenvalue weighted by Crippen LogP contribution is -2.23. The van der Waals surface area contributed by atoms with Gasteiger partial charge in [-0.25, -0.2) is 9.38 Å². The lowest BCUT2D eigenvalue weighted by atomic mass is 10.1. The van der Waals surface area contributed by atoms with Crippen LogP contribution in [-0.2, 0) is 6.61 Å². The van der Waals surface area contributed by atoms with Crippen molar-refractivity contribution in [2.24, 2.45) is 0 Å². The van der Waals surface area contributed by atoms with E-state index in [2.05, 4.69) is 29.8 Å². The van der Waals surface area contributed by atoms with Crippen molar-refractivity contribution in [2.75, 3.05) is 18.0 Å². The van der Waals surface area contributed by atoms with Crippen molar-refractivity contribution < 1.29 is 4.74 Å². The molecule has 0 fully saturated rings. The second kappa shape index (κ2) is 9.49. The Balaban J connectivity index is 1.58. The maximum Gasteiger partial charge on any atom is 0.274 e. The minimum atomic E-state index is -0.0647. The van der Waals surface area contributed by atoms with Crippen LogP contribution in [0.25, 0.3) is 22.1 Å². The minimum absolute atomic E-state index is 0.0647. The molecule has 3 aromatic carbocycles. The molecular formula is C27H24ClN3O2S. The van der Waals surface area contributed by atoms with Crippen LogP contribution in [0.5, 0.6) is 5.75 Å². The SMILES string of the molecule is CCN(CC)c1ccc(/C=c2/sc3nc4ccccc4n3c2=O)c(OCc2ccc(Cl)cc2)c1. The molecule has 0 aliphatic heterocycles. The molecule has 0 bridgehead atoms. The molecule has 0 saturated heterocycles. The summed E-state index contributed by atoms with van der Waals surface area (Å²) in [5.41, 5.74) is 4.56. The maximum absolute atomic E-state index is 13.2. The van der Waals surface area contributed by atoms with Gasteiger partial charge in [0, 0.05) is 35.4 Å². The Morgan fingerprint density at radius 2 is 1.82 bits per heavy atom. The normalized spacial score (nSPS) is 12.0. The van der Waals surface area contributed by atoms with E-state index in [-0.39, 0.29) is 5.56 Å². The van der Waals surface area contributed by atoms with E-state index < -0.39 is 0 Å². The minimum Gasteiger partial charge on any atom is -0.488 e. The summed E-state index contributed by atoms with van der Waals surface area (Å²) in [6.45, 7) is 6.47. The smallest absolute Gasteiger partial charge is 0.274 e. The molecule has 5 aromatic rings. The third kappa shape index (κ3) is 4.27. The number of fused-ring (bicyclic) bond motifs is 3. The van der Waals surface area contributed by atoms with Gasteiger partial charge in [-0.05, 0) is 61.9 Å². The summed E-state index contributed by atoms with van der Waals surface area (Å²) in [5, 5.41) is 0.694. The highest BCUT2D eigenvalue weighted by atomic mass is 35.5. The summed E-state index contributed by atoms with van der Waals surface area (Å²) < 4.78 is 8.57. The van der Waals surface area contributed by atoms with Crippen LogP contribution >= 0.6 is 22.9 Å². The number of ether oxygens (including phenoxy) is 1. The Bertz CT molecular complexity index is 1570. The molecule has 0 amide bonds. The molecule has 5 nitrogen and oxygen atoms in total. The Hall–Kier alpha value is -3.35. The Morgan fingerprint density at radius 3 is 2.59 bits per heavy atom. The highest BCUT2D eigenvalue weighted by molar-refractivity contribution is 7.15. The average Bonchev–Trinajstić information content (AvgIpc) is 3.36. The fourth-order valence-corrected chi connectivity index (χ4v) is 5.15. The number of rotatable bonds is 7. The van der Waals surface area contributed by atoms with Gasteiger partial charge >= 0.3 is 0 Å². The van der Waals surface area contributed by atoms with Crippen molar-refractivity contribution in [3.05, 3.63) is 97.8 Å². The van der Waals surface area contributed by atoms with Gasteiger partial charge in [0.1, 0.15) is 12.4 Å². The monoisotopic (exact) mass is 489 g/mol. The molecule has 34 heavy (non-hydrogen) atoms. The third-order valence-electron chi connectivity index (χ3n) is 5.87. The number of benzene rings is 3. The molecule has 0 saturated carbocycles. The van der Waals surface area contributed by atoms with E-state index in [0.29, 0.717) is 21.1 Å². The van der Waals surface area contributed by atoms with Crippen molar-refractivity contribution in [2.45, 2.75) is 20.5 Å². The number of thiazole rings is 1. The van der Waals surface area contributed by atoms with Gasteiger partial charge in [0.2, 0.25) is 0 Å². The van der Waals surface area contributed by atoms with Crippen LogP contribution in [0.1, 0.15) is 25.0 Å². The summed E-state index contributed by atoms with van der Waals surface area (Å²) in [6.07, 6.45) is 1.90. The predicted molar refractivity (Wildman–Crippen MR) is 141 cm³/mol. The molecular weight excluding hydrogens is 466 g/mol. The first kappa shape index (κ1) is 22.4. The van der Waals surface area contributed by atoms with E-state index in [1.54, 1.807) is 4.40 Å². The molecule has 5 rings (SSSR count). The fraction of sp³-hybridized carbons (Fsp3) is 0.185. The molecule has 7 heteroatoms. The van der Waals surface area contributed by atoms with Crippen LogP contribution in [-0.4, -0.2) is 22.5 Å². The average molecular weight is 490 g/mol. The van der Waals surface area contributed by atoms with E-state index in [9.17, 15) is 4.79 Å². The van der Waals surface area contributed by atoms with Crippen LogP contribution < -0.4 is 19.7 Å². The summed E-state index contributed by atoms with van der Waals surface area (Å²) in [5.74, 6) is 0.731. The van der Waals surface area contributed by atoms with Crippen molar-refractivity contribution in [1.29, 1.82) is 0 Å². The molecule has 0 aliphatic carbocycles. The molecule has 0 spiro atoms. The number of hydrogen-bond donors (Lipinski definition) is 0. The highest BCUT2D eigenvalue weighted by Crippen LogP contribution is 2.28. The molecule has 0 unspecified atom stereocenters. The fourth-order valence-electron chi connectivity index (χ4n) is 4.05. The molecule has 2 aromatic heterocycles. The van der Waals surface area contributed by atoms with Crippen molar-refractivity contribution in [3.8, 4) is 5.75 Å². The van der Waals surface area contributed by atoms with Gasteiger partial charge in [-0.1, -0.05) is 47.2 Å². The molecule has 0 atom stereocenters. The van der Waals surface area contributed by atoms with Gasteiger partial charge < -0.3 is 9.64 Å². The quantitative estimate of drug-likeness (QED) is 0.301. The highest BCUT2D eigenvalue weighted by Gasteiger charge is 2.13. The second-order valence-corrected chi connectivity index (χ2v) is 9.39. The first-order valence-corrected chi connectivity index (χ1v) is 12.4. The number of para-hydroxylation sites is 2. The number of halogens is 1. The van der Waals surface area contributed by atoms with E-state index in [4.69, 9.17) is 16.3 Å². The largest absolute Gasteiger partial charge is 0.488 e. The Morgan fingerprint density at radius 1 is 1.06 bits per heavy atom. The number of anilines is 1. The first-order valence-electron chi connectivity index (χ1n) is 11.3. The molecule has 0 radical (unpaired) electrons. The van der Waals surface area contributed by atoms with Gasteiger partial charge in [-0.15, -0.1) is 0 Å². The van der Waals surface area contributed by atoms with Crippen LogP contribution in [0.2, 0.25) is 5.02 Å². The number of nitrogens with zero attached hydrogens (tertiary/aromatic N) is 3. The molecule has 172 valence electrons. The van der Waals surface area contributed by atoms with Crippen LogP contribution in [0.15, 0.2) is 71.5 Å². The van der Waals surface area contributed by atoms with E-state index >= 15 is 0 Å². The Labute approximate surface area is 206 Å². The maximum atomic E-state index is 13.2. The van der Waals surface area contributed by atoms with Gasteiger partial charge in [-0.2, -0.15) is 0 Å². The summed E-state index contributed by atoms with van der Waals surface area (Å²) in [6, 6.07) is 21.5. The van der Waals surface area contributed by atoms with E-state index in [1.165, 1.54) is 11.3 Å². The summed E-state index contributed by atoms with van der Waals surface area (Å²) in [4.78, 5) is 20.8. The topological polar surface area (TPSA) is 46.8 Å². The third-order valence-corrected chi connectivity index (χ3v) is 7.09. The van der Waals surface area contributed by atoms with Crippen LogP contribution in [0.3, 0.4) is 0 Å². The predicted octanol–water partition coefficient (Wildman–Crippen LogP) is 5.54. The zero-order valence-corrected chi connectivity index (χ0v) is 20.6. The van der Waals surface area contributed by atoms with Crippen molar-refractivity contribution >= 4 is 50.7 Å². The van der Waals surface area contributed by atoms with Crippen molar-refractivity contribution in [3.63, 3.8) is 0 Å². The van der Waals surface area contributed by atoms with Crippen LogP contribution in [0, 0.1) is 0 Å².